The lowest BCUT2D eigenvalue weighted by Gasteiger charge is -2.40. The number of nitrogens with one attached hydrogen (secondary N) is 1. The van der Waals surface area contributed by atoms with Crippen LogP contribution >= 0.6 is 0 Å². The van der Waals surface area contributed by atoms with Crippen LogP contribution in [0.25, 0.3) is 0 Å². The Morgan fingerprint density at radius 1 is 1.17 bits per heavy atom. The van der Waals surface area contributed by atoms with E-state index in [1.165, 1.54) is 4.90 Å². The number of amides is 3. The molecule has 0 radical (unpaired) electrons. The first-order valence-corrected chi connectivity index (χ1v) is 12.7. The van der Waals surface area contributed by atoms with Gasteiger partial charge in [0.1, 0.15) is 23.7 Å². The molecule has 0 aliphatic carbocycles. The molecule has 4 aliphatic rings. The predicted molar refractivity (Wildman–Crippen MR) is 129 cm³/mol. The SMILES string of the molecule is C[C@@H]1CNC(=O)CC/C=C\[C@H]2O[C@]34C=CCN(C(C)(C)C)C(=O)[C@H]3N(CCCO)C(=O)[C@@H]4[C@H]2C(=O)O1. The van der Waals surface area contributed by atoms with E-state index >= 15 is 0 Å². The number of aliphatic hydroxyl groups excluding tert-OH is 1. The van der Waals surface area contributed by atoms with Crippen molar-refractivity contribution < 1.29 is 33.8 Å². The number of nitrogens with zero attached hydrogens (tertiary/aromatic N) is 2. The van der Waals surface area contributed by atoms with Gasteiger partial charge in [-0.15, -0.1) is 0 Å². The normalized spacial score (nSPS) is 36.2. The van der Waals surface area contributed by atoms with Crippen LogP contribution in [0.3, 0.4) is 0 Å². The second-order valence-electron chi connectivity index (χ2n) is 11.0. The van der Waals surface area contributed by atoms with Crippen molar-refractivity contribution in [1.82, 2.24) is 15.1 Å². The van der Waals surface area contributed by atoms with Crippen molar-refractivity contribution in [2.45, 2.75) is 76.3 Å². The highest BCUT2D eigenvalue weighted by Crippen LogP contribution is 2.53. The fourth-order valence-electron chi connectivity index (χ4n) is 5.75. The van der Waals surface area contributed by atoms with Crippen LogP contribution in [0, 0.1) is 11.8 Å². The van der Waals surface area contributed by atoms with Gasteiger partial charge in [-0.25, -0.2) is 0 Å². The first kappa shape index (κ1) is 26.3. The summed E-state index contributed by atoms with van der Waals surface area (Å²) in [6, 6.07) is -0.968. The Morgan fingerprint density at radius 3 is 2.61 bits per heavy atom. The van der Waals surface area contributed by atoms with E-state index in [4.69, 9.17) is 9.47 Å². The quantitative estimate of drug-likeness (QED) is 0.425. The number of allylic oxidation sites excluding steroid dienone is 1. The van der Waals surface area contributed by atoms with Crippen LogP contribution in [0.5, 0.6) is 0 Å². The maximum Gasteiger partial charge on any atom is 0.313 e. The lowest BCUT2D eigenvalue weighted by Crippen LogP contribution is -2.58. The largest absolute Gasteiger partial charge is 0.460 e. The fourth-order valence-corrected chi connectivity index (χ4v) is 5.75. The van der Waals surface area contributed by atoms with E-state index in [0.29, 0.717) is 19.4 Å². The van der Waals surface area contributed by atoms with Gasteiger partial charge in [-0.2, -0.15) is 0 Å². The van der Waals surface area contributed by atoms with Crippen molar-refractivity contribution in [3.63, 3.8) is 0 Å². The third-order valence-corrected chi connectivity index (χ3v) is 7.40. The lowest BCUT2D eigenvalue weighted by atomic mass is 9.77. The zero-order chi connectivity index (χ0) is 26.3. The molecule has 10 heteroatoms. The maximum absolute atomic E-state index is 14.0. The molecule has 2 saturated heterocycles. The van der Waals surface area contributed by atoms with E-state index in [0.717, 1.165) is 0 Å². The van der Waals surface area contributed by atoms with Gasteiger partial charge in [0.05, 0.1) is 18.6 Å². The molecular formula is C26H37N3O7. The monoisotopic (exact) mass is 503 g/mol. The van der Waals surface area contributed by atoms with Gasteiger partial charge in [-0.1, -0.05) is 24.3 Å². The number of carbonyl (C=O) groups is 4. The number of hydrogen-bond acceptors (Lipinski definition) is 7. The Kier molecular flexibility index (Phi) is 7.30. The molecule has 10 nitrogen and oxygen atoms in total. The van der Waals surface area contributed by atoms with Crippen LogP contribution in [0.2, 0.25) is 0 Å². The number of hydrogen-bond donors (Lipinski definition) is 2. The van der Waals surface area contributed by atoms with E-state index in [1.807, 2.05) is 26.8 Å². The molecule has 2 fully saturated rings. The molecule has 6 atom stereocenters. The average molecular weight is 504 g/mol. The molecule has 0 bridgehead atoms. The Morgan fingerprint density at radius 2 is 1.92 bits per heavy atom. The third kappa shape index (κ3) is 4.56. The van der Waals surface area contributed by atoms with Crippen molar-refractivity contribution in [2.75, 3.05) is 26.2 Å². The molecule has 0 aromatic rings. The molecule has 0 unspecified atom stereocenters. The fraction of sp³-hybridized carbons (Fsp3) is 0.692. The number of likely N-dealkylation sites (tertiary alicyclic amines) is 1. The summed E-state index contributed by atoms with van der Waals surface area (Å²) in [5, 5.41) is 12.2. The first-order chi connectivity index (χ1) is 17.0. The lowest BCUT2D eigenvalue weighted by molar-refractivity contribution is -0.159. The van der Waals surface area contributed by atoms with Gasteiger partial charge in [-0.05, 0) is 40.5 Å². The van der Waals surface area contributed by atoms with Gasteiger partial charge in [0, 0.05) is 31.7 Å². The highest BCUT2D eigenvalue weighted by Gasteiger charge is 2.72. The van der Waals surface area contributed by atoms with Crippen molar-refractivity contribution in [3.8, 4) is 0 Å². The summed E-state index contributed by atoms with van der Waals surface area (Å²) in [6.07, 6.45) is 6.75. The summed E-state index contributed by atoms with van der Waals surface area (Å²) >= 11 is 0. The first-order valence-electron chi connectivity index (χ1n) is 12.7. The van der Waals surface area contributed by atoms with E-state index in [9.17, 15) is 24.3 Å². The van der Waals surface area contributed by atoms with Crippen molar-refractivity contribution >= 4 is 23.7 Å². The average Bonchev–Trinajstić information content (AvgIpc) is 3.17. The van der Waals surface area contributed by atoms with Gasteiger partial charge in [0.15, 0.2) is 0 Å². The number of aliphatic hydroxyl groups is 1. The standard InChI is InChI=1S/C26H37N3O7/c1-16-15-27-18(31)10-6-5-9-17-19(24(34)35-16)20-22(32)28(12-8-14-30)21-23(33)29(25(2,3)4)13-7-11-26(20,21)36-17/h5,7,9,11,16-17,19-21,30H,6,8,10,12-15H2,1-4H3,(H,27,31)/b9-5-/t16-,17-,19+,20+,21-,26+/m1/s1. The van der Waals surface area contributed by atoms with Crippen LogP contribution in [-0.2, 0) is 28.7 Å². The second kappa shape index (κ2) is 9.97. The molecule has 36 heavy (non-hydrogen) atoms. The maximum atomic E-state index is 14.0. The summed E-state index contributed by atoms with van der Waals surface area (Å²) in [7, 11) is 0. The topological polar surface area (TPSA) is 125 Å². The summed E-state index contributed by atoms with van der Waals surface area (Å²) in [6.45, 7) is 8.03. The summed E-state index contributed by atoms with van der Waals surface area (Å²) in [5.41, 5.74) is -1.85. The van der Waals surface area contributed by atoms with E-state index in [2.05, 4.69) is 5.32 Å². The van der Waals surface area contributed by atoms with Gasteiger partial charge in [0.2, 0.25) is 17.7 Å². The molecule has 4 rings (SSSR count). The van der Waals surface area contributed by atoms with Crippen LogP contribution < -0.4 is 5.32 Å². The van der Waals surface area contributed by atoms with Crippen molar-refractivity contribution in [2.24, 2.45) is 11.8 Å². The molecule has 3 amide bonds. The number of fused-ring (bicyclic) bond motifs is 2. The molecule has 2 N–H and O–H groups in total. The van der Waals surface area contributed by atoms with E-state index in [1.54, 1.807) is 30.1 Å². The van der Waals surface area contributed by atoms with Crippen LogP contribution in [0.15, 0.2) is 24.3 Å². The van der Waals surface area contributed by atoms with E-state index < -0.39 is 47.2 Å². The molecular weight excluding hydrogens is 466 g/mol. The molecule has 0 aromatic carbocycles. The Balaban J connectivity index is 1.80. The Hall–Kier alpha value is -2.72. The van der Waals surface area contributed by atoms with Gasteiger partial charge in [-0.3, -0.25) is 19.2 Å². The minimum absolute atomic E-state index is 0.137. The molecule has 4 aliphatic heterocycles. The molecule has 0 saturated carbocycles. The number of carbonyl (C=O) groups excluding carboxylic acids is 4. The zero-order valence-corrected chi connectivity index (χ0v) is 21.4. The van der Waals surface area contributed by atoms with Crippen molar-refractivity contribution in [3.05, 3.63) is 24.3 Å². The molecule has 0 aromatic heterocycles. The number of cyclic esters (lactones) is 1. The predicted octanol–water partition coefficient (Wildman–Crippen LogP) is 0.544. The van der Waals surface area contributed by atoms with Crippen LogP contribution in [-0.4, -0.2) is 94.2 Å². The van der Waals surface area contributed by atoms with Crippen molar-refractivity contribution in [1.29, 1.82) is 0 Å². The van der Waals surface area contributed by atoms with Crippen LogP contribution in [0.4, 0.5) is 0 Å². The molecule has 198 valence electrons. The number of rotatable bonds is 3. The Bertz CT molecular complexity index is 971. The summed E-state index contributed by atoms with van der Waals surface area (Å²) in [5.74, 6) is -3.24. The summed E-state index contributed by atoms with van der Waals surface area (Å²) < 4.78 is 12.2. The third-order valence-electron chi connectivity index (χ3n) is 7.40. The summed E-state index contributed by atoms with van der Waals surface area (Å²) in [4.78, 5) is 56.7. The highest BCUT2D eigenvalue weighted by molar-refractivity contribution is 5.99. The number of ether oxygens (including phenoxy) is 2. The molecule has 1 spiro atoms. The van der Waals surface area contributed by atoms with Gasteiger partial charge in [0.25, 0.3) is 0 Å². The van der Waals surface area contributed by atoms with Crippen LogP contribution in [0.1, 0.15) is 47.0 Å². The van der Waals surface area contributed by atoms with E-state index in [-0.39, 0.29) is 43.8 Å². The minimum Gasteiger partial charge on any atom is -0.460 e. The van der Waals surface area contributed by atoms with Gasteiger partial charge < -0.3 is 29.7 Å². The second-order valence-corrected chi connectivity index (χ2v) is 11.0. The molecule has 4 heterocycles. The highest BCUT2D eigenvalue weighted by atomic mass is 16.6. The Labute approximate surface area is 211 Å². The smallest absolute Gasteiger partial charge is 0.313 e. The number of esters is 1. The minimum atomic E-state index is -1.35. The van der Waals surface area contributed by atoms with Gasteiger partial charge >= 0.3 is 5.97 Å². The zero-order valence-electron chi connectivity index (χ0n) is 21.4.